The smallest absolute Gasteiger partial charge is 0.418 e. The van der Waals surface area contributed by atoms with E-state index in [2.05, 4.69) is 4.98 Å². The number of hydrogen-bond donors (Lipinski definition) is 1. The van der Waals surface area contributed by atoms with Crippen molar-refractivity contribution in [3.63, 3.8) is 0 Å². The fourth-order valence-electron chi connectivity index (χ4n) is 3.46. The van der Waals surface area contributed by atoms with Crippen LogP contribution in [0.4, 0.5) is 23.4 Å². The summed E-state index contributed by atoms with van der Waals surface area (Å²) in [5, 5.41) is 8.65. The van der Waals surface area contributed by atoms with E-state index in [4.69, 9.17) is 21.4 Å². The Hall–Kier alpha value is -2.55. The highest BCUT2D eigenvalue weighted by molar-refractivity contribution is 6.31. The minimum atomic E-state index is -4.56. The summed E-state index contributed by atoms with van der Waals surface area (Å²) < 4.78 is 58.8. The molecule has 0 atom stereocenters. The van der Waals surface area contributed by atoms with Crippen molar-refractivity contribution in [1.29, 1.82) is 0 Å². The molecule has 0 radical (unpaired) electrons. The molecule has 5 nitrogen and oxygen atoms in total. The molecule has 1 aromatic heterocycles. The Morgan fingerprint density at radius 1 is 1.27 bits per heavy atom. The van der Waals surface area contributed by atoms with Crippen molar-refractivity contribution in [2.24, 2.45) is 5.92 Å². The van der Waals surface area contributed by atoms with Gasteiger partial charge in [-0.1, -0.05) is 11.6 Å². The number of rotatable bonds is 6. The normalized spacial score (nSPS) is 17.0. The number of hydrogen-bond acceptors (Lipinski definition) is 4. The molecule has 160 valence electrons. The average molecular weight is 445 g/mol. The summed E-state index contributed by atoms with van der Waals surface area (Å²) in [5.74, 6) is -1.51. The van der Waals surface area contributed by atoms with Gasteiger partial charge in [-0.3, -0.25) is 0 Å². The molecule has 2 fully saturated rings. The fourth-order valence-corrected chi connectivity index (χ4v) is 3.67. The van der Waals surface area contributed by atoms with Crippen LogP contribution in [0.5, 0.6) is 5.75 Å². The maximum absolute atomic E-state index is 14.1. The Balaban J connectivity index is 1.40. The van der Waals surface area contributed by atoms with E-state index in [0.29, 0.717) is 24.4 Å². The molecular weight excluding hydrogens is 428 g/mol. The maximum atomic E-state index is 14.1. The van der Waals surface area contributed by atoms with E-state index in [1.54, 1.807) is 4.90 Å². The van der Waals surface area contributed by atoms with E-state index < -0.39 is 28.5 Å². The van der Waals surface area contributed by atoms with Gasteiger partial charge in [0.2, 0.25) is 0 Å². The zero-order valence-electron chi connectivity index (χ0n) is 15.5. The molecule has 1 aromatic carbocycles. The first-order valence-corrected chi connectivity index (χ1v) is 9.68. The van der Waals surface area contributed by atoms with Crippen molar-refractivity contribution in [2.75, 3.05) is 24.6 Å². The van der Waals surface area contributed by atoms with Crippen molar-refractivity contribution >= 4 is 23.4 Å². The summed E-state index contributed by atoms with van der Waals surface area (Å²) in [7, 11) is 0. The minimum Gasteiger partial charge on any atom is -0.493 e. The Morgan fingerprint density at radius 3 is 2.57 bits per heavy atom. The largest absolute Gasteiger partial charge is 0.493 e. The van der Waals surface area contributed by atoms with Crippen molar-refractivity contribution in [2.45, 2.75) is 24.9 Å². The number of aromatic carboxylic acids is 1. The zero-order chi connectivity index (χ0) is 21.6. The number of anilines is 1. The first kappa shape index (κ1) is 20.7. The molecule has 1 aliphatic heterocycles. The molecule has 0 bridgehead atoms. The number of carboxylic acids is 1. The highest BCUT2D eigenvalue weighted by atomic mass is 35.5. The van der Waals surface area contributed by atoms with Crippen LogP contribution in [-0.2, 0) is 6.18 Å². The molecule has 1 N–H and O–H groups in total. The van der Waals surface area contributed by atoms with Crippen LogP contribution in [0.15, 0.2) is 24.4 Å². The molecule has 4 rings (SSSR count). The third-order valence-electron chi connectivity index (χ3n) is 5.25. The van der Waals surface area contributed by atoms with Crippen LogP contribution in [0, 0.1) is 11.7 Å². The van der Waals surface area contributed by atoms with Crippen LogP contribution in [0.25, 0.3) is 0 Å². The van der Waals surface area contributed by atoms with Gasteiger partial charge in [-0.15, -0.1) is 0 Å². The molecule has 1 saturated heterocycles. The second-order valence-corrected chi connectivity index (χ2v) is 7.96. The monoisotopic (exact) mass is 444 g/mol. The van der Waals surface area contributed by atoms with Gasteiger partial charge in [0.15, 0.2) is 0 Å². The van der Waals surface area contributed by atoms with E-state index >= 15 is 0 Å². The van der Waals surface area contributed by atoms with Gasteiger partial charge >= 0.3 is 12.1 Å². The third-order valence-corrected chi connectivity index (χ3v) is 5.55. The van der Waals surface area contributed by atoms with Crippen molar-refractivity contribution in [3.8, 4) is 5.75 Å². The zero-order valence-corrected chi connectivity index (χ0v) is 16.3. The molecule has 2 heterocycles. The Bertz CT molecular complexity index is 989. The topological polar surface area (TPSA) is 62.7 Å². The number of benzene rings is 1. The summed E-state index contributed by atoms with van der Waals surface area (Å²) in [6.45, 7) is 1.10. The number of carboxylic acid groups (broad SMARTS) is 1. The number of aromatic nitrogens is 1. The predicted molar refractivity (Wildman–Crippen MR) is 101 cm³/mol. The summed E-state index contributed by atoms with van der Waals surface area (Å²) in [6, 6.07) is 3.35. The van der Waals surface area contributed by atoms with Crippen LogP contribution in [0.3, 0.4) is 0 Å². The molecule has 1 saturated carbocycles. The predicted octanol–water partition coefficient (Wildman–Crippen LogP) is 4.98. The van der Waals surface area contributed by atoms with Crippen LogP contribution in [-0.4, -0.2) is 35.8 Å². The van der Waals surface area contributed by atoms with Gasteiger partial charge in [-0.05, 0) is 36.5 Å². The van der Waals surface area contributed by atoms with Crippen molar-refractivity contribution in [3.05, 3.63) is 51.9 Å². The van der Waals surface area contributed by atoms with E-state index in [0.717, 1.165) is 31.2 Å². The lowest BCUT2D eigenvalue weighted by Crippen LogP contribution is -2.49. The van der Waals surface area contributed by atoms with E-state index in [1.165, 1.54) is 6.07 Å². The van der Waals surface area contributed by atoms with Gasteiger partial charge in [-0.25, -0.2) is 14.2 Å². The van der Waals surface area contributed by atoms with Crippen LogP contribution in [0.2, 0.25) is 5.02 Å². The summed E-state index contributed by atoms with van der Waals surface area (Å²) in [4.78, 5) is 16.8. The SMILES string of the molecule is O=C(O)c1cc(C2CC2)c(OCC2CN(c3cc(C(F)(F)F)c(Cl)cn3)C2)cc1F. The molecular formula is C20H17ClF4N2O3. The van der Waals surface area contributed by atoms with Gasteiger partial charge in [0.25, 0.3) is 0 Å². The number of nitrogens with zero attached hydrogens (tertiary/aromatic N) is 2. The van der Waals surface area contributed by atoms with Gasteiger partial charge < -0.3 is 14.7 Å². The molecule has 0 spiro atoms. The minimum absolute atomic E-state index is 0.0195. The molecule has 2 aromatic rings. The average Bonchev–Trinajstić information content (AvgIpc) is 3.45. The van der Waals surface area contributed by atoms with Crippen LogP contribution in [0.1, 0.15) is 40.2 Å². The summed E-state index contributed by atoms with van der Waals surface area (Å²) in [5.41, 5.74) is -0.635. The number of pyridine rings is 1. The molecule has 0 amide bonds. The summed E-state index contributed by atoms with van der Waals surface area (Å²) in [6.07, 6.45) is -1.80. The fraction of sp³-hybridized carbons (Fsp3) is 0.400. The third kappa shape index (κ3) is 4.16. The van der Waals surface area contributed by atoms with E-state index in [9.17, 15) is 22.4 Å². The van der Waals surface area contributed by atoms with Gasteiger partial charge in [-0.2, -0.15) is 13.2 Å². The lowest BCUT2D eigenvalue weighted by Gasteiger charge is -2.40. The Morgan fingerprint density at radius 2 is 1.97 bits per heavy atom. The first-order valence-electron chi connectivity index (χ1n) is 9.30. The van der Waals surface area contributed by atoms with E-state index in [-0.39, 0.29) is 29.8 Å². The molecule has 1 aliphatic carbocycles. The second kappa shape index (κ2) is 7.61. The van der Waals surface area contributed by atoms with Gasteiger partial charge in [0, 0.05) is 31.3 Å². The Kier molecular flexibility index (Phi) is 5.25. The number of ether oxygens (including phenoxy) is 1. The first-order chi connectivity index (χ1) is 14.1. The molecule has 2 aliphatic rings. The highest BCUT2D eigenvalue weighted by Gasteiger charge is 2.36. The van der Waals surface area contributed by atoms with Gasteiger partial charge in [0.05, 0.1) is 22.8 Å². The van der Waals surface area contributed by atoms with Crippen LogP contribution < -0.4 is 9.64 Å². The van der Waals surface area contributed by atoms with Gasteiger partial charge in [0.1, 0.15) is 17.4 Å². The summed E-state index contributed by atoms with van der Waals surface area (Å²) >= 11 is 5.59. The number of carbonyl (C=O) groups is 1. The highest BCUT2D eigenvalue weighted by Crippen LogP contribution is 2.45. The maximum Gasteiger partial charge on any atom is 0.418 e. The quantitative estimate of drug-likeness (QED) is 0.636. The lowest BCUT2D eigenvalue weighted by atomic mass is 10.0. The number of alkyl halides is 3. The second-order valence-electron chi connectivity index (χ2n) is 7.55. The molecule has 0 unspecified atom stereocenters. The Labute approximate surface area is 174 Å². The van der Waals surface area contributed by atoms with E-state index in [1.807, 2.05) is 0 Å². The van der Waals surface area contributed by atoms with Crippen LogP contribution >= 0.6 is 11.6 Å². The van der Waals surface area contributed by atoms with Crippen molar-refractivity contribution < 1.29 is 32.2 Å². The van der Waals surface area contributed by atoms with Crippen molar-refractivity contribution in [1.82, 2.24) is 4.98 Å². The molecule has 10 heteroatoms. The lowest BCUT2D eigenvalue weighted by molar-refractivity contribution is -0.137. The standard InChI is InChI=1S/C20H17ClF4N2O3/c21-15-6-26-18(4-14(15)20(23,24)25)27-7-10(8-27)9-30-17-5-16(22)13(19(28)29)3-12(17)11-1-2-11/h3-6,10-11H,1-2,7-9H2,(H,28,29). The number of halogens is 5. The molecule has 30 heavy (non-hydrogen) atoms.